The monoisotopic (exact) mass is 418 g/mol. The van der Waals surface area contributed by atoms with E-state index in [1.54, 1.807) is 26.0 Å². The van der Waals surface area contributed by atoms with Crippen molar-refractivity contribution in [1.82, 2.24) is 4.90 Å². The fourth-order valence-corrected chi connectivity index (χ4v) is 5.81. The van der Waals surface area contributed by atoms with Gasteiger partial charge in [-0.1, -0.05) is 29.8 Å². The first-order valence-electron chi connectivity index (χ1n) is 10.1. The number of carbonyl (C=O) groups excluding carboxylic acids is 3. The molecule has 30 heavy (non-hydrogen) atoms. The Labute approximate surface area is 171 Å². The van der Waals surface area contributed by atoms with Crippen LogP contribution >= 0.6 is 0 Å². The molecule has 5 nitrogen and oxygen atoms in total. The number of carbonyl (C=O) groups is 3. The third-order valence-electron chi connectivity index (χ3n) is 7.17. The van der Waals surface area contributed by atoms with Gasteiger partial charge in [0.25, 0.3) is 0 Å². The predicted molar refractivity (Wildman–Crippen MR) is 101 cm³/mol. The summed E-state index contributed by atoms with van der Waals surface area (Å²) in [5.74, 6) is -3.31. The van der Waals surface area contributed by atoms with Crippen molar-refractivity contribution in [3.8, 4) is 0 Å². The summed E-state index contributed by atoms with van der Waals surface area (Å²) in [5, 5.41) is 0. The molecule has 0 unspecified atom stereocenters. The van der Waals surface area contributed by atoms with E-state index in [1.165, 1.54) is 6.07 Å². The van der Waals surface area contributed by atoms with Crippen LogP contribution in [0.4, 0.5) is 18.9 Å². The highest BCUT2D eigenvalue weighted by atomic mass is 19.4. The Morgan fingerprint density at radius 2 is 1.63 bits per heavy atom. The van der Waals surface area contributed by atoms with Gasteiger partial charge in [0.05, 0.1) is 11.8 Å². The van der Waals surface area contributed by atoms with Crippen molar-refractivity contribution in [2.24, 2.45) is 35.5 Å². The van der Waals surface area contributed by atoms with Crippen LogP contribution in [-0.4, -0.2) is 35.5 Å². The van der Waals surface area contributed by atoms with Crippen LogP contribution in [0.1, 0.15) is 17.5 Å². The Balaban J connectivity index is 1.49. The van der Waals surface area contributed by atoms with Crippen LogP contribution in [-0.2, 0) is 14.4 Å². The zero-order valence-electron chi connectivity index (χ0n) is 16.5. The summed E-state index contributed by atoms with van der Waals surface area (Å²) in [4.78, 5) is 39.9. The van der Waals surface area contributed by atoms with Crippen molar-refractivity contribution in [3.05, 3.63) is 41.5 Å². The van der Waals surface area contributed by atoms with E-state index in [1.807, 2.05) is 12.2 Å². The number of anilines is 1. The topological polar surface area (TPSA) is 57.7 Å². The second-order valence-corrected chi connectivity index (χ2v) is 8.92. The maximum atomic E-state index is 13.4. The Bertz CT molecular complexity index is 966. The Morgan fingerprint density at radius 3 is 2.13 bits per heavy atom. The van der Waals surface area contributed by atoms with Crippen LogP contribution in [0.25, 0.3) is 0 Å². The average molecular weight is 418 g/mol. The van der Waals surface area contributed by atoms with Crippen molar-refractivity contribution in [3.63, 3.8) is 0 Å². The maximum Gasteiger partial charge on any atom is 0.471 e. The highest BCUT2D eigenvalue weighted by Gasteiger charge is 2.67. The quantitative estimate of drug-likeness (QED) is 0.560. The number of likely N-dealkylation sites (tertiary alicyclic amines) is 1. The van der Waals surface area contributed by atoms with Gasteiger partial charge in [-0.05, 0) is 55.6 Å². The van der Waals surface area contributed by atoms with Crippen LogP contribution in [0.3, 0.4) is 0 Å². The van der Waals surface area contributed by atoms with Gasteiger partial charge in [-0.3, -0.25) is 24.2 Å². The van der Waals surface area contributed by atoms with E-state index < -0.39 is 42.4 Å². The molecule has 6 rings (SSSR count). The van der Waals surface area contributed by atoms with Crippen molar-refractivity contribution in [2.45, 2.75) is 26.4 Å². The molecule has 4 aliphatic carbocycles. The zero-order chi connectivity index (χ0) is 21.5. The van der Waals surface area contributed by atoms with Crippen molar-refractivity contribution >= 4 is 23.4 Å². The molecule has 0 radical (unpaired) electrons. The number of amides is 3. The molecule has 2 saturated carbocycles. The van der Waals surface area contributed by atoms with E-state index >= 15 is 0 Å². The minimum absolute atomic E-state index is 0.0284. The van der Waals surface area contributed by atoms with Gasteiger partial charge in [-0.25, -0.2) is 0 Å². The fraction of sp³-hybridized carbons (Fsp3) is 0.500. The van der Waals surface area contributed by atoms with E-state index in [0.29, 0.717) is 22.3 Å². The summed E-state index contributed by atoms with van der Waals surface area (Å²) >= 11 is 0. The van der Waals surface area contributed by atoms with Gasteiger partial charge in [0, 0.05) is 5.69 Å². The molecule has 158 valence electrons. The lowest BCUT2D eigenvalue weighted by Gasteiger charge is -2.37. The first kappa shape index (κ1) is 19.3. The smallest absolute Gasteiger partial charge is 0.286 e. The number of hydrogen-bond acceptors (Lipinski definition) is 3. The summed E-state index contributed by atoms with van der Waals surface area (Å²) in [5.41, 5.74) is 1.34. The van der Waals surface area contributed by atoms with Crippen molar-refractivity contribution < 1.29 is 27.6 Å². The van der Waals surface area contributed by atoms with Gasteiger partial charge in [-0.15, -0.1) is 0 Å². The maximum absolute atomic E-state index is 13.4. The van der Waals surface area contributed by atoms with E-state index in [9.17, 15) is 27.6 Å². The van der Waals surface area contributed by atoms with Crippen LogP contribution in [0.2, 0.25) is 0 Å². The minimum atomic E-state index is -5.13. The number of benzene rings is 1. The molecular weight excluding hydrogens is 397 g/mol. The summed E-state index contributed by atoms with van der Waals surface area (Å²) in [6.07, 6.45) is -0.135. The Kier molecular flexibility index (Phi) is 3.98. The van der Waals surface area contributed by atoms with Gasteiger partial charge in [0.15, 0.2) is 0 Å². The van der Waals surface area contributed by atoms with Crippen molar-refractivity contribution in [2.75, 3.05) is 11.6 Å². The third-order valence-corrected chi connectivity index (χ3v) is 7.17. The van der Waals surface area contributed by atoms with Gasteiger partial charge < -0.3 is 0 Å². The van der Waals surface area contributed by atoms with E-state index in [0.717, 1.165) is 16.9 Å². The van der Waals surface area contributed by atoms with E-state index in [4.69, 9.17) is 0 Å². The molecule has 2 bridgehead atoms. The molecule has 1 saturated heterocycles. The number of aryl methyl sites for hydroxylation is 2. The molecule has 1 heterocycles. The molecule has 1 aromatic rings. The molecular formula is C22H21F3N2O3. The van der Waals surface area contributed by atoms with E-state index in [-0.39, 0.29) is 17.5 Å². The third kappa shape index (κ3) is 2.65. The molecule has 1 aliphatic heterocycles. The second-order valence-electron chi connectivity index (χ2n) is 8.92. The lowest BCUT2D eigenvalue weighted by Crippen LogP contribution is -2.49. The SMILES string of the molecule is Cc1ccc(N(CN2C(=O)[C@H]3[C@@H]4C=C[C@H]([C@H]5C[C@H]45)[C@@H]3C2=O)C(=O)C(F)(F)F)c(C)c1. The molecule has 0 N–H and O–H groups in total. The average Bonchev–Trinajstić information content (AvgIpc) is 3.45. The molecule has 3 amide bonds. The summed E-state index contributed by atoms with van der Waals surface area (Å²) in [7, 11) is 0. The first-order chi connectivity index (χ1) is 14.1. The number of allylic oxidation sites excluding steroid dienone is 2. The molecule has 0 aromatic heterocycles. The minimum Gasteiger partial charge on any atom is -0.286 e. The molecule has 6 atom stereocenters. The van der Waals surface area contributed by atoms with Crippen molar-refractivity contribution in [1.29, 1.82) is 0 Å². The highest BCUT2D eigenvalue weighted by molar-refractivity contribution is 6.07. The normalized spacial score (nSPS) is 33.6. The number of nitrogens with zero attached hydrogens (tertiary/aromatic N) is 2. The summed E-state index contributed by atoms with van der Waals surface area (Å²) in [6.45, 7) is 2.67. The fourth-order valence-electron chi connectivity index (χ4n) is 5.81. The van der Waals surface area contributed by atoms with Crippen LogP contribution in [0.5, 0.6) is 0 Å². The molecule has 5 aliphatic rings. The highest BCUT2D eigenvalue weighted by Crippen LogP contribution is 2.65. The summed E-state index contributed by atoms with van der Waals surface area (Å²) in [6, 6.07) is 4.69. The molecule has 0 spiro atoms. The zero-order valence-corrected chi connectivity index (χ0v) is 16.5. The predicted octanol–water partition coefficient (Wildman–Crippen LogP) is 3.21. The lowest BCUT2D eigenvalue weighted by molar-refractivity contribution is -0.171. The van der Waals surface area contributed by atoms with Gasteiger partial charge in [-0.2, -0.15) is 13.2 Å². The van der Waals surface area contributed by atoms with Gasteiger partial charge >= 0.3 is 12.1 Å². The molecule has 8 heteroatoms. The van der Waals surface area contributed by atoms with Gasteiger partial charge in [0.2, 0.25) is 11.8 Å². The number of alkyl halides is 3. The van der Waals surface area contributed by atoms with E-state index in [2.05, 4.69) is 0 Å². The Morgan fingerprint density at radius 1 is 1.07 bits per heavy atom. The first-order valence-corrected chi connectivity index (χ1v) is 10.1. The van der Waals surface area contributed by atoms with Crippen LogP contribution in [0.15, 0.2) is 30.4 Å². The number of halogens is 3. The largest absolute Gasteiger partial charge is 0.471 e. The van der Waals surface area contributed by atoms with Crippen LogP contribution in [0, 0.1) is 49.4 Å². The summed E-state index contributed by atoms with van der Waals surface area (Å²) < 4.78 is 40.1. The van der Waals surface area contributed by atoms with Gasteiger partial charge in [0.1, 0.15) is 6.67 Å². The lowest BCUT2D eigenvalue weighted by atomic mass is 9.63. The number of rotatable bonds is 3. The second kappa shape index (κ2) is 6.18. The molecule has 3 fully saturated rings. The standard InChI is InChI=1S/C22H21F3N2O3/c1-10-3-6-16(11(2)7-10)26(21(30)22(23,24)25)9-27-19(28)17-12-4-5-13(15-8-14(12)15)18(17)20(27)29/h3-7,12-15,17-18H,8-9H2,1-2H3/t12-,13-,14-,15-,17+,18+/m1/s1. The number of imide groups is 1. The molecule has 1 aromatic carbocycles. The van der Waals surface area contributed by atoms with Crippen LogP contribution < -0.4 is 4.90 Å². The Hall–Kier alpha value is -2.64. The number of hydrogen-bond donors (Lipinski definition) is 0.